The number of carbonyl (C=O) groups is 1. The molecule has 0 aliphatic carbocycles. The maximum absolute atomic E-state index is 11.4. The molecule has 0 bridgehead atoms. The van der Waals surface area contributed by atoms with Gasteiger partial charge in [-0.15, -0.1) is 0 Å². The van der Waals surface area contributed by atoms with Crippen molar-refractivity contribution >= 4 is 5.91 Å². The molecule has 0 saturated heterocycles. The van der Waals surface area contributed by atoms with Crippen molar-refractivity contribution in [1.29, 1.82) is 0 Å². The van der Waals surface area contributed by atoms with Crippen LogP contribution >= 0.6 is 0 Å². The summed E-state index contributed by atoms with van der Waals surface area (Å²) in [6, 6.07) is -0.439. The van der Waals surface area contributed by atoms with Gasteiger partial charge in [-0.1, -0.05) is 13.3 Å². The average Bonchev–Trinajstić information content (AvgIpc) is 2.61. The van der Waals surface area contributed by atoms with Crippen LogP contribution in [0.4, 0.5) is 0 Å². The Morgan fingerprint density at radius 2 is 2.47 bits per heavy atom. The number of nitrogens with zero attached hydrogens (tertiary/aromatic N) is 1. The third-order valence-electron chi connectivity index (χ3n) is 2.02. The molecule has 15 heavy (non-hydrogen) atoms. The van der Waals surface area contributed by atoms with Crippen LogP contribution in [0.5, 0.6) is 0 Å². The molecule has 0 aliphatic heterocycles. The second-order valence-corrected chi connectivity index (χ2v) is 3.48. The third kappa shape index (κ3) is 3.71. The molecule has 1 aromatic rings. The highest BCUT2D eigenvalue weighted by Gasteiger charge is 2.12. The second kappa shape index (κ2) is 5.50. The van der Waals surface area contributed by atoms with E-state index in [4.69, 9.17) is 10.2 Å². The van der Waals surface area contributed by atoms with E-state index in [-0.39, 0.29) is 5.91 Å². The molecule has 1 heterocycles. The van der Waals surface area contributed by atoms with E-state index in [1.165, 1.54) is 0 Å². The number of oxazole rings is 1. The summed E-state index contributed by atoms with van der Waals surface area (Å²) in [5.41, 5.74) is 5.63. The van der Waals surface area contributed by atoms with Crippen molar-refractivity contribution in [2.75, 3.05) is 0 Å². The Morgan fingerprint density at radius 3 is 3.00 bits per heavy atom. The lowest BCUT2D eigenvalue weighted by atomic mass is 10.2. The number of rotatable bonds is 5. The van der Waals surface area contributed by atoms with Gasteiger partial charge in [0.2, 0.25) is 11.8 Å². The molecule has 1 atom stereocenters. The Hall–Kier alpha value is -1.36. The summed E-state index contributed by atoms with van der Waals surface area (Å²) in [5.74, 6) is 1.08. The number of carbonyl (C=O) groups excluding carboxylic acids is 1. The molecule has 0 fully saturated rings. The van der Waals surface area contributed by atoms with Gasteiger partial charge in [-0.25, -0.2) is 4.98 Å². The highest BCUT2D eigenvalue weighted by Crippen LogP contribution is 2.01. The van der Waals surface area contributed by atoms with Crippen molar-refractivity contribution in [1.82, 2.24) is 10.3 Å². The van der Waals surface area contributed by atoms with Gasteiger partial charge in [0.05, 0.1) is 18.8 Å². The lowest BCUT2D eigenvalue weighted by Crippen LogP contribution is -2.40. The van der Waals surface area contributed by atoms with Crippen molar-refractivity contribution in [3.63, 3.8) is 0 Å². The van der Waals surface area contributed by atoms with Crippen molar-refractivity contribution in [3.05, 3.63) is 17.8 Å². The van der Waals surface area contributed by atoms with Crippen LogP contribution in [0.1, 0.15) is 31.4 Å². The summed E-state index contributed by atoms with van der Waals surface area (Å²) in [5, 5.41) is 2.68. The first-order chi connectivity index (χ1) is 7.13. The van der Waals surface area contributed by atoms with E-state index >= 15 is 0 Å². The third-order valence-corrected chi connectivity index (χ3v) is 2.02. The van der Waals surface area contributed by atoms with E-state index in [1.54, 1.807) is 13.1 Å². The van der Waals surface area contributed by atoms with E-state index in [0.29, 0.717) is 18.9 Å². The molecule has 1 rings (SSSR count). The van der Waals surface area contributed by atoms with E-state index < -0.39 is 6.04 Å². The molecule has 5 heteroatoms. The summed E-state index contributed by atoms with van der Waals surface area (Å²) in [4.78, 5) is 15.4. The van der Waals surface area contributed by atoms with Gasteiger partial charge in [-0.2, -0.15) is 0 Å². The summed E-state index contributed by atoms with van der Waals surface area (Å²) >= 11 is 0. The molecule has 0 saturated carbocycles. The van der Waals surface area contributed by atoms with Crippen LogP contribution in [0.25, 0.3) is 0 Å². The van der Waals surface area contributed by atoms with Gasteiger partial charge in [0, 0.05) is 0 Å². The van der Waals surface area contributed by atoms with Crippen LogP contribution in [0.15, 0.2) is 10.6 Å². The zero-order chi connectivity index (χ0) is 11.3. The second-order valence-electron chi connectivity index (χ2n) is 3.48. The summed E-state index contributed by atoms with van der Waals surface area (Å²) < 4.78 is 5.21. The lowest BCUT2D eigenvalue weighted by molar-refractivity contribution is -0.122. The van der Waals surface area contributed by atoms with Gasteiger partial charge in [-0.3, -0.25) is 4.79 Å². The normalized spacial score (nSPS) is 12.5. The molecule has 1 amide bonds. The highest BCUT2D eigenvalue weighted by molar-refractivity contribution is 5.81. The molecule has 84 valence electrons. The maximum atomic E-state index is 11.4. The van der Waals surface area contributed by atoms with Crippen LogP contribution in [-0.4, -0.2) is 16.9 Å². The minimum atomic E-state index is -0.439. The van der Waals surface area contributed by atoms with E-state index in [1.807, 2.05) is 6.92 Å². The van der Waals surface area contributed by atoms with Gasteiger partial charge in [0.15, 0.2) is 0 Å². The highest BCUT2D eigenvalue weighted by atomic mass is 16.4. The molecule has 0 spiro atoms. The molecule has 0 radical (unpaired) electrons. The monoisotopic (exact) mass is 211 g/mol. The fourth-order valence-corrected chi connectivity index (χ4v) is 1.22. The predicted molar refractivity (Wildman–Crippen MR) is 56.0 cm³/mol. The number of nitrogens with two attached hydrogens (primary N) is 1. The largest absolute Gasteiger partial charge is 0.444 e. The standard InChI is InChI=1S/C10H17N3O2/c1-3-4-8(11)10(14)13-6-9-12-5-7(2)15-9/h5,8H,3-4,6,11H2,1-2H3,(H,13,14)/t8-/m0/s1. The Balaban J connectivity index is 2.34. The minimum absolute atomic E-state index is 0.160. The molecule has 3 N–H and O–H groups in total. The fourth-order valence-electron chi connectivity index (χ4n) is 1.22. The van der Waals surface area contributed by atoms with Crippen molar-refractivity contribution < 1.29 is 9.21 Å². The van der Waals surface area contributed by atoms with Crippen LogP contribution in [0.3, 0.4) is 0 Å². The number of hydrogen-bond acceptors (Lipinski definition) is 4. The molecule has 0 aliphatic rings. The van der Waals surface area contributed by atoms with Gasteiger partial charge in [0.1, 0.15) is 5.76 Å². The fraction of sp³-hybridized carbons (Fsp3) is 0.600. The van der Waals surface area contributed by atoms with Crippen molar-refractivity contribution in [3.8, 4) is 0 Å². The van der Waals surface area contributed by atoms with E-state index in [9.17, 15) is 4.79 Å². The average molecular weight is 211 g/mol. The molecular weight excluding hydrogens is 194 g/mol. The van der Waals surface area contributed by atoms with Crippen LogP contribution in [0.2, 0.25) is 0 Å². The quantitative estimate of drug-likeness (QED) is 0.752. The van der Waals surface area contributed by atoms with Gasteiger partial charge >= 0.3 is 0 Å². The number of nitrogens with one attached hydrogen (secondary N) is 1. The SMILES string of the molecule is CCC[C@H](N)C(=O)NCc1ncc(C)o1. The zero-order valence-corrected chi connectivity index (χ0v) is 9.12. The topological polar surface area (TPSA) is 81.2 Å². The van der Waals surface area contributed by atoms with E-state index in [2.05, 4.69) is 10.3 Å². The van der Waals surface area contributed by atoms with E-state index in [0.717, 1.165) is 12.2 Å². The number of hydrogen-bond donors (Lipinski definition) is 2. The molecule has 5 nitrogen and oxygen atoms in total. The predicted octanol–water partition coefficient (Wildman–Crippen LogP) is 0.727. The number of aromatic nitrogens is 1. The number of amides is 1. The minimum Gasteiger partial charge on any atom is -0.444 e. The summed E-state index contributed by atoms with van der Waals surface area (Å²) in [6.45, 7) is 4.09. The molecule has 0 aromatic carbocycles. The molecular formula is C10H17N3O2. The van der Waals surface area contributed by atoms with Gasteiger partial charge < -0.3 is 15.5 Å². The molecule has 0 unspecified atom stereocenters. The first kappa shape index (κ1) is 11.7. The molecule has 1 aromatic heterocycles. The summed E-state index contributed by atoms with van der Waals surface area (Å²) in [6.07, 6.45) is 3.20. The maximum Gasteiger partial charge on any atom is 0.237 e. The van der Waals surface area contributed by atoms with Crippen molar-refractivity contribution in [2.24, 2.45) is 5.73 Å². The zero-order valence-electron chi connectivity index (χ0n) is 9.12. The van der Waals surface area contributed by atoms with Crippen molar-refractivity contribution in [2.45, 2.75) is 39.3 Å². The van der Waals surface area contributed by atoms with Crippen LogP contribution in [-0.2, 0) is 11.3 Å². The Labute approximate surface area is 89.1 Å². The Bertz CT molecular complexity index is 322. The van der Waals surface area contributed by atoms with Gasteiger partial charge in [0.25, 0.3) is 0 Å². The Kier molecular flexibility index (Phi) is 4.30. The van der Waals surface area contributed by atoms with Crippen LogP contribution in [0, 0.1) is 6.92 Å². The van der Waals surface area contributed by atoms with Gasteiger partial charge in [-0.05, 0) is 13.3 Å². The van der Waals surface area contributed by atoms with Crippen LogP contribution < -0.4 is 11.1 Å². The smallest absolute Gasteiger partial charge is 0.237 e. The Morgan fingerprint density at radius 1 is 1.73 bits per heavy atom. The first-order valence-corrected chi connectivity index (χ1v) is 5.08. The number of aryl methyl sites for hydroxylation is 1. The summed E-state index contributed by atoms with van der Waals surface area (Å²) in [7, 11) is 0. The lowest BCUT2D eigenvalue weighted by Gasteiger charge is -2.09. The first-order valence-electron chi connectivity index (χ1n) is 5.08.